The molecule has 1 heterocycles. The quantitative estimate of drug-likeness (QED) is 0.564. The molecule has 0 aliphatic carbocycles. The Bertz CT molecular complexity index is 1030. The summed E-state index contributed by atoms with van der Waals surface area (Å²) in [6, 6.07) is 8.49. The molecule has 1 aromatic heterocycles. The normalized spacial score (nSPS) is 10.6. The van der Waals surface area contributed by atoms with Crippen molar-refractivity contribution in [3.8, 4) is 0 Å². The summed E-state index contributed by atoms with van der Waals surface area (Å²) in [4.78, 5) is 38.0. The van der Waals surface area contributed by atoms with Crippen molar-refractivity contribution >= 4 is 44.2 Å². The van der Waals surface area contributed by atoms with Gasteiger partial charge < -0.3 is 9.90 Å². The molecule has 0 radical (unpaired) electrons. The minimum Gasteiger partial charge on any atom is -0.545 e. The molecule has 0 saturated carbocycles. The summed E-state index contributed by atoms with van der Waals surface area (Å²) in [5.74, 6) is -2.10. The van der Waals surface area contributed by atoms with Crippen molar-refractivity contribution in [1.29, 1.82) is 0 Å². The molecule has 0 unspecified atom stereocenters. The number of rotatable bonds is 4. The molecule has 0 bridgehead atoms. The summed E-state index contributed by atoms with van der Waals surface area (Å²) in [5, 5.41) is 24.7. The lowest BCUT2D eigenvalue weighted by Crippen LogP contribution is -2.26. The van der Waals surface area contributed by atoms with Crippen LogP contribution in [0.15, 0.2) is 36.4 Å². The number of hydrogen-bond acceptors (Lipinski definition) is 7. The zero-order chi connectivity index (χ0) is 18.1. The highest BCUT2D eigenvalue weighted by Gasteiger charge is 2.16. The molecule has 1 N–H and O–H groups in total. The van der Waals surface area contributed by atoms with Crippen molar-refractivity contribution in [3.63, 3.8) is 0 Å². The van der Waals surface area contributed by atoms with E-state index in [2.05, 4.69) is 10.3 Å². The van der Waals surface area contributed by atoms with Gasteiger partial charge in [-0.2, -0.15) is 0 Å². The van der Waals surface area contributed by atoms with Crippen LogP contribution < -0.4 is 10.4 Å². The van der Waals surface area contributed by atoms with E-state index >= 15 is 0 Å². The van der Waals surface area contributed by atoms with Gasteiger partial charge in [0.25, 0.3) is 11.6 Å². The number of nitrogens with one attached hydrogen (secondary N) is 1. The van der Waals surface area contributed by atoms with E-state index in [-0.39, 0.29) is 21.9 Å². The Hall–Kier alpha value is -3.33. The number of carboxylic acid groups (broad SMARTS) is 1. The standard InChI is InChI=1S/C16H11N3O5S/c1-8-2-4-10(15(21)22)11(6-8)14(20)18-16-17-12-5-3-9(19(23)24)7-13(12)25-16/h2-7H,1H3,(H,21,22)(H,17,18,20)/p-1. The van der Waals surface area contributed by atoms with Crippen molar-refractivity contribution in [1.82, 2.24) is 4.98 Å². The molecule has 0 fully saturated rings. The topological polar surface area (TPSA) is 125 Å². The van der Waals surface area contributed by atoms with Crippen molar-refractivity contribution in [3.05, 3.63) is 63.2 Å². The van der Waals surface area contributed by atoms with Crippen LogP contribution in [0.5, 0.6) is 0 Å². The maximum Gasteiger partial charge on any atom is 0.270 e. The van der Waals surface area contributed by atoms with Gasteiger partial charge in [-0.05, 0) is 19.1 Å². The number of benzene rings is 2. The Balaban J connectivity index is 1.93. The summed E-state index contributed by atoms with van der Waals surface area (Å²) in [6.45, 7) is 1.73. The second-order valence-electron chi connectivity index (χ2n) is 5.22. The number of fused-ring (bicyclic) bond motifs is 1. The molecule has 25 heavy (non-hydrogen) atoms. The lowest BCUT2D eigenvalue weighted by atomic mass is 10.0. The zero-order valence-corrected chi connectivity index (χ0v) is 13.6. The SMILES string of the molecule is Cc1ccc(C(=O)[O-])c(C(=O)Nc2nc3ccc([N+](=O)[O-])cc3s2)c1. The van der Waals surface area contributed by atoms with Gasteiger partial charge in [-0.15, -0.1) is 0 Å². The third-order valence-electron chi connectivity index (χ3n) is 3.44. The molecule has 0 atom stereocenters. The Morgan fingerprint density at radius 1 is 1.16 bits per heavy atom. The Morgan fingerprint density at radius 3 is 2.60 bits per heavy atom. The first-order chi connectivity index (χ1) is 11.8. The van der Waals surface area contributed by atoms with Gasteiger partial charge >= 0.3 is 0 Å². The molecule has 3 rings (SSSR count). The van der Waals surface area contributed by atoms with E-state index in [0.29, 0.717) is 10.2 Å². The predicted octanol–water partition coefficient (Wildman–Crippen LogP) is 2.13. The number of thiazole rings is 1. The summed E-state index contributed by atoms with van der Waals surface area (Å²) in [6.07, 6.45) is 0. The average Bonchev–Trinajstić information content (AvgIpc) is 2.95. The fraction of sp³-hybridized carbons (Fsp3) is 0.0625. The van der Waals surface area contributed by atoms with Crippen LogP contribution in [0.4, 0.5) is 10.8 Å². The highest BCUT2D eigenvalue weighted by molar-refractivity contribution is 7.22. The van der Waals surface area contributed by atoms with Gasteiger partial charge in [-0.1, -0.05) is 29.0 Å². The largest absolute Gasteiger partial charge is 0.545 e. The fourth-order valence-electron chi connectivity index (χ4n) is 2.27. The Labute approximate surface area is 144 Å². The molecule has 2 aromatic carbocycles. The second kappa shape index (κ2) is 6.29. The molecule has 1 amide bonds. The molecule has 8 nitrogen and oxygen atoms in total. The lowest BCUT2D eigenvalue weighted by Gasteiger charge is -2.10. The number of aromatic nitrogens is 1. The third-order valence-corrected chi connectivity index (χ3v) is 4.38. The number of non-ortho nitro benzene ring substituents is 1. The molecular weight excluding hydrogens is 346 g/mol. The van der Waals surface area contributed by atoms with Crippen LogP contribution in [0.1, 0.15) is 26.3 Å². The van der Waals surface area contributed by atoms with E-state index in [1.165, 1.54) is 30.3 Å². The minimum atomic E-state index is -1.45. The summed E-state index contributed by atoms with van der Waals surface area (Å²) in [7, 11) is 0. The predicted molar refractivity (Wildman–Crippen MR) is 89.7 cm³/mol. The smallest absolute Gasteiger partial charge is 0.270 e. The molecule has 3 aromatic rings. The Kier molecular flexibility index (Phi) is 4.15. The van der Waals surface area contributed by atoms with E-state index in [1.807, 2.05) is 0 Å². The monoisotopic (exact) mass is 356 g/mol. The van der Waals surface area contributed by atoms with Crippen LogP contribution in [0.25, 0.3) is 10.2 Å². The van der Waals surface area contributed by atoms with Gasteiger partial charge in [-0.3, -0.25) is 20.2 Å². The first kappa shape index (κ1) is 16.5. The van der Waals surface area contributed by atoms with E-state index in [9.17, 15) is 24.8 Å². The number of aryl methyl sites for hydroxylation is 1. The molecule has 0 aliphatic rings. The molecule has 126 valence electrons. The highest BCUT2D eigenvalue weighted by atomic mass is 32.1. The zero-order valence-electron chi connectivity index (χ0n) is 12.8. The van der Waals surface area contributed by atoms with Crippen LogP contribution in [0.2, 0.25) is 0 Å². The minimum absolute atomic E-state index is 0.0368. The number of anilines is 1. The Morgan fingerprint density at radius 2 is 1.92 bits per heavy atom. The maximum atomic E-state index is 12.4. The maximum absolute atomic E-state index is 12.4. The number of amides is 1. The number of hydrogen-bond donors (Lipinski definition) is 1. The van der Waals surface area contributed by atoms with Gasteiger partial charge in [0, 0.05) is 23.3 Å². The van der Waals surface area contributed by atoms with E-state index in [4.69, 9.17) is 0 Å². The van der Waals surface area contributed by atoms with Gasteiger partial charge in [0.05, 0.1) is 21.1 Å². The van der Waals surface area contributed by atoms with Gasteiger partial charge in [0.2, 0.25) is 0 Å². The average molecular weight is 356 g/mol. The molecular formula is C16H10N3O5S-. The first-order valence-electron chi connectivity index (χ1n) is 7.03. The number of carboxylic acids is 1. The van der Waals surface area contributed by atoms with Crippen LogP contribution in [-0.4, -0.2) is 21.8 Å². The van der Waals surface area contributed by atoms with Crippen molar-refractivity contribution in [2.45, 2.75) is 6.92 Å². The number of carbonyl (C=O) groups excluding carboxylic acids is 2. The first-order valence-corrected chi connectivity index (χ1v) is 7.85. The molecule has 9 heteroatoms. The van der Waals surface area contributed by atoms with Crippen molar-refractivity contribution in [2.24, 2.45) is 0 Å². The third kappa shape index (κ3) is 3.31. The molecule has 0 aliphatic heterocycles. The summed E-state index contributed by atoms with van der Waals surface area (Å²) in [5.41, 5.74) is 0.877. The van der Waals surface area contributed by atoms with E-state index < -0.39 is 16.8 Å². The fourth-order valence-corrected chi connectivity index (χ4v) is 3.16. The second-order valence-corrected chi connectivity index (χ2v) is 6.25. The van der Waals surface area contributed by atoms with Crippen molar-refractivity contribution < 1.29 is 19.6 Å². The van der Waals surface area contributed by atoms with Gasteiger partial charge in [0.15, 0.2) is 5.13 Å². The van der Waals surface area contributed by atoms with Crippen molar-refractivity contribution in [2.75, 3.05) is 5.32 Å². The van der Waals surface area contributed by atoms with Crippen LogP contribution in [0, 0.1) is 17.0 Å². The van der Waals surface area contributed by atoms with E-state index in [1.54, 1.807) is 13.0 Å². The number of nitro benzene ring substituents is 1. The highest BCUT2D eigenvalue weighted by Crippen LogP contribution is 2.29. The number of aromatic carboxylic acids is 1. The van der Waals surface area contributed by atoms with Crippen LogP contribution in [-0.2, 0) is 0 Å². The van der Waals surface area contributed by atoms with E-state index in [0.717, 1.165) is 16.9 Å². The summed E-state index contributed by atoms with van der Waals surface area (Å²) >= 11 is 1.06. The summed E-state index contributed by atoms with van der Waals surface area (Å²) < 4.78 is 0.536. The van der Waals surface area contributed by atoms with Gasteiger partial charge in [-0.25, -0.2) is 4.98 Å². The molecule has 0 saturated heterocycles. The van der Waals surface area contributed by atoms with Gasteiger partial charge in [0.1, 0.15) is 0 Å². The number of carbonyl (C=O) groups is 2. The lowest BCUT2D eigenvalue weighted by molar-refractivity contribution is -0.384. The number of nitro groups is 1. The molecule has 0 spiro atoms. The van der Waals surface area contributed by atoms with Crippen LogP contribution >= 0.6 is 11.3 Å². The van der Waals surface area contributed by atoms with Crippen LogP contribution in [0.3, 0.4) is 0 Å². The number of nitrogens with zero attached hydrogens (tertiary/aromatic N) is 2.